The molecule has 7 nitrogen and oxygen atoms in total. The van der Waals surface area contributed by atoms with E-state index in [-0.39, 0.29) is 17.9 Å². The molecule has 0 saturated carbocycles. The van der Waals surface area contributed by atoms with Crippen LogP contribution in [0.4, 0.5) is 5.82 Å². The van der Waals surface area contributed by atoms with E-state index >= 15 is 0 Å². The van der Waals surface area contributed by atoms with Crippen LogP contribution in [-0.2, 0) is 9.53 Å². The average Bonchev–Trinajstić information content (AvgIpc) is 2.69. The fourth-order valence-electron chi connectivity index (χ4n) is 3.56. The first kappa shape index (κ1) is 20.9. The predicted octanol–water partition coefficient (Wildman–Crippen LogP) is 2.66. The zero-order valence-electron chi connectivity index (χ0n) is 16.6. The van der Waals surface area contributed by atoms with Gasteiger partial charge in [-0.2, -0.15) is 0 Å². The molecule has 0 unspecified atom stereocenters. The van der Waals surface area contributed by atoms with Crippen molar-refractivity contribution in [2.45, 2.75) is 39.2 Å². The van der Waals surface area contributed by atoms with Gasteiger partial charge in [-0.25, -0.2) is 4.98 Å². The number of carbonyl (C=O) groups is 2. The zero-order chi connectivity index (χ0) is 20.1. The first-order chi connectivity index (χ1) is 13.4. The van der Waals surface area contributed by atoms with Gasteiger partial charge in [-0.1, -0.05) is 25.4 Å². The maximum absolute atomic E-state index is 12.5. The summed E-state index contributed by atoms with van der Waals surface area (Å²) in [5.74, 6) is 1.13. The van der Waals surface area contributed by atoms with Gasteiger partial charge < -0.3 is 19.9 Å². The lowest BCUT2D eigenvalue weighted by atomic mass is 10.0. The third kappa shape index (κ3) is 5.35. The van der Waals surface area contributed by atoms with Crippen molar-refractivity contribution in [2.24, 2.45) is 5.92 Å². The number of nitrogens with zero attached hydrogens (tertiary/aromatic N) is 3. The second-order valence-electron chi connectivity index (χ2n) is 7.86. The van der Waals surface area contributed by atoms with E-state index < -0.39 is 0 Å². The molecule has 0 atom stereocenters. The summed E-state index contributed by atoms with van der Waals surface area (Å²) in [6.45, 7) is 7.91. The number of halogens is 1. The highest BCUT2D eigenvalue weighted by Gasteiger charge is 2.24. The molecule has 0 radical (unpaired) electrons. The fraction of sp³-hybridized carbons (Fsp3) is 0.650. The van der Waals surface area contributed by atoms with Gasteiger partial charge in [0.2, 0.25) is 5.91 Å². The van der Waals surface area contributed by atoms with Crippen LogP contribution in [0.15, 0.2) is 12.3 Å². The van der Waals surface area contributed by atoms with Gasteiger partial charge >= 0.3 is 0 Å². The SMILES string of the molecule is CC(C)CC(=O)N1CCC(Nc2ncc(C(=O)N3CCOCC3)cc2Cl)CC1. The topological polar surface area (TPSA) is 74.8 Å². The van der Waals surface area contributed by atoms with Crippen LogP contribution < -0.4 is 5.32 Å². The molecule has 2 amide bonds. The molecule has 2 fully saturated rings. The Hall–Kier alpha value is -1.86. The highest BCUT2D eigenvalue weighted by molar-refractivity contribution is 6.33. The molecule has 3 heterocycles. The molecule has 1 aromatic heterocycles. The predicted molar refractivity (Wildman–Crippen MR) is 109 cm³/mol. The molecule has 0 aromatic carbocycles. The van der Waals surface area contributed by atoms with E-state index in [0.717, 1.165) is 25.9 Å². The normalized spacial score (nSPS) is 18.4. The summed E-state index contributed by atoms with van der Waals surface area (Å²) < 4.78 is 5.28. The van der Waals surface area contributed by atoms with Crippen molar-refractivity contribution in [3.8, 4) is 0 Å². The Balaban J connectivity index is 1.54. The van der Waals surface area contributed by atoms with Gasteiger partial charge in [0.25, 0.3) is 5.91 Å². The van der Waals surface area contributed by atoms with Crippen molar-refractivity contribution in [1.29, 1.82) is 0 Å². The van der Waals surface area contributed by atoms with Crippen LogP contribution >= 0.6 is 11.6 Å². The summed E-state index contributed by atoms with van der Waals surface area (Å²) in [7, 11) is 0. The molecule has 1 N–H and O–H groups in total. The minimum absolute atomic E-state index is 0.0683. The van der Waals surface area contributed by atoms with Gasteiger partial charge in [0.15, 0.2) is 0 Å². The average molecular weight is 409 g/mol. The molecule has 0 aliphatic carbocycles. The molecule has 0 bridgehead atoms. The number of piperidine rings is 1. The summed E-state index contributed by atoms with van der Waals surface area (Å²) in [6.07, 6.45) is 3.89. The number of hydrogen-bond donors (Lipinski definition) is 1. The molecule has 2 saturated heterocycles. The largest absolute Gasteiger partial charge is 0.378 e. The molecular formula is C20H29ClN4O3. The molecule has 28 heavy (non-hydrogen) atoms. The van der Waals surface area contributed by atoms with E-state index in [0.29, 0.717) is 55.0 Å². The minimum atomic E-state index is -0.0683. The smallest absolute Gasteiger partial charge is 0.255 e. The molecule has 8 heteroatoms. The Bertz CT molecular complexity index is 699. The standard InChI is InChI=1S/C20H29ClN4O3/c1-14(2)11-18(26)24-5-3-16(4-6-24)23-19-17(21)12-15(13-22-19)20(27)25-7-9-28-10-8-25/h12-14,16H,3-11H2,1-2H3,(H,22,23). The first-order valence-corrected chi connectivity index (χ1v) is 10.4. The summed E-state index contributed by atoms with van der Waals surface area (Å²) in [5, 5.41) is 3.81. The van der Waals surface area contributed by atoms with Gasteiger partial charge in [0, 0.05) is 44.8 Å². The number of carbonyl (C=O) groups excluding carboxylic acids is 2. The zero-order valence-corrected chi connectivity index (χ0v) is 17.4. The third-order valence-corrected chi connectivity index (χ3v) is 5.45. The lowest BCUT2D eigenvalue weighted by molar-refractivity contribution is -0.132. The number of ether oxygens (including phenoxy) is 1. The van der Waals surface area contributed by atoms with E-state index in [2.05, 4.69) is 24.1 Å². The van der Waals surface area contributed by atoms with Crippen molar-refractivity contribution in [3.05, 3.63) is 22.8 Å². The van der Waals surface area contributed by atoms with Crippen molar-refractivity contribution in [1.82, 2.24) is 14.8 Å². The van der Waals surface area contributed by atoms with Crippen LogP contribution in [0, 0.1) is 5.92 Å². The first-order valence-electron chi connectivity index (χ1n) is 10.0. The maximum atomic E-state index is 12.5. The van der Waals surface area contributed by atoms with E-state index in [1.54, 1.807) is 17.2 Å². The summed E-state index contributed by atoms with van der Waals surface area (Å²) in [6, 6.07) is 1.89. The number of likely N-dealkylation sites (tertiary alicyclic amines) is 1. The number of rotatable bonds is 5. The van der Waals surface area contributed by atoms with Crippen LogP contribution in [0.1, 0.15) is 43.5 Å². The Kier molecular flexibility index (Phi) is 7.13. The monoisotopic (exact) mass is 408 g/mol. The number of nitrogens with one attached hydrogen (secondary N) is 1. The van der Waals surface area contributed by atoms with Crippen LogP contribution in [0.25, 0.3) is 0 Å². The summed E-state index contributed by atoms with van der Waals surface area (Å²) in [5.41, 5.74) is 0.492. The lowest BCUT2D eigenvalue weighted by Gasteiger charge is -2.33. The fourth-order valence-corrected chi connectivity index (χ4v) is 3.78. The minimum Gasteiger partial charge on any atom is -0.378 e. The third-order valence-electron chi connectivity index (χ3n) is 5.16. The number of amides is 2. The number of hydrogen-bond acceptors (Lipinski definition) is 5. The van der Waals surface area contributed by atoms with E-state index in [1.165, 1.54) is 0 Å². The molecule has 1 aromatic rings. The van der Waals surface area contributed by atoms with Crippen LogP contribution in [0.5, 0.6) is 0 Å². The van der Waals surface area contributed by atoms with Crippen LogP contribution in [0.2, 0.25) is 5.02 Å². The second kappa shape index (κ2) is 9.56. The molecular weight excluding hydrogens is 380 g/mol. The molecule has 3 rings (SSSR count). The van der Waals surface area contributed by atoms with Crippen LogP contribution in [-0.4, -0.2) is 72.0 Å². The van der Waals surface area contributed by atoms with E-state index in [4.69, 9.17) is 16.3 Å². The van der Waals surface area contributed by atoms with Crippen molar-refractivity contribution in [3.63, 3.8) is 0 Å². The van der Waals surface area contributed by atoms with Gasteiger partial charge in [0.05, 0.1) is 23.8 Å². The van der Waals surface area contributed by atoms with Crippen LogP contribution in [0.3, 0.4) is 0 Å². The molecule has 2 aliphatic heterocycles. The molecule has 2 aliphatic rings. The number of anilines is 1. The highest BCUT2D eigenvalue weighted by Crippen LogP contribution is 2.24. The number of morpholine rings is 1. The van der Waals surface area contributed by atoms with Gasteiger partial charge in [-0.3, -0.25) is 9.59 Å². The number of pyridine rings is 1. The maximum Gasteiger partial charge on any atom is 0.255 e. The molecule has 154 valence electrons. The molecule has 0 spiro atoms. The Morgan fingerprint density at radius 2 is 1.89 bits per heavy atom. The Labute approximate surface area is 171 Å². The van der Waals surface area contributed by atoms with Crippen molar-refractivity contribution >= 4 is 29.2 Å². The summed E-state index contributed by atoms with van der Waals surface area (Å²) in [4.78, 5) is 32.8. The quantitative estimate of drug-likeness (QED) is 0.810. The van der Waals surface area contributed by atoms with Gasteiger partial charge in [-0.05, 0) is 24.8 Å². The Morgan fingerprint density at radius 3 is 2.50 bits per heavy atom. The number of aromatic nitrogens is 1. The lowest BCUT2D eigenvalue weighted by Crippen LogP contribution is -2.42. The van der Waals surface area contributed by atoms with E-state index in [1.807, 2.05) is 4.90 Å². The van der Waals surface area contributed by atoms with Gasteiger partial charge in [0.1, 0.15) is 5.82 Å². The van der Waals surface area contributed by atoms with Crippen molar-refractivity contribution < 1.29 is 14.3 Å². The summed E-state index contributed by atoms with van der Waals surface area (Å²) >= 11 is 6.38. The Morgan fingerprint density at radius 1 is 1.21 bits per heavy atom. The van der Waals surface area contributed by atoms with Crippen molar-refractivity contribution in [2.75, 3.05) is 44.7 Å². The highest BCUT2D eigenvalue weighted by atomic mass is 35.5. The van der Waals surface area contributed by atoms with Gasteiger partial charge in [-0.15, -0.1) is 0 Å². The second-order valence-corrected chi connectivity index (χ2v) is 8.26. The van der Waals surface area contributed by atoms with E-state index in [9.17, 15) is 9.59 Å².